The van der Waals surface area contributed by atoms with Gasteiger partial charge in [0.1, 0.15) is 16.8 Å². The third-order valence-electron chi connectivity index (χ3n) is 5.91. The van der Waals surface area contributed by atoms with E-state index in [1.54, 1.807) is 24.3 Å². The van der Waals surface area contributed by atoms with Gasteiger partial charge in [0.2, 0.25) is 10.0 Å². The lowest BCUT2D eigenvalue weighted by molar-refractivity contribution is -0.275. The minimum Gasteiger partial charge on any atom is -0.443 e. The summed E-state index contributed by atoms with van der Waals surface area (Å²) in [5, 5.41) is 7.46. The number of benzene rings is 2. The molecule has 0 saturated carbocycles. The molecule has 1 unspecified atom stereocenters. The van der Waals surface area contributed by atoms with Crippen molar-refractivity contribution in [1.29, 1.82) is 5.41 Å². The molecule has 1 atom stereocenters. The van der Waals surface area contributed by atoms with Crippen molar-refractivity contribution in [3.8, 4) is 5.75 Å². The highest BCUT2D eigenvalue weighted by atomic mass is 79.9. The summed E-state index contributed by atoms with van der Waals surface area (Å²) in [5.74, 6) is -0.891. The number of cyclic esters (lactones) is 1. The van der Waals surface area contributed by atoms with Crippen LogP contribution in [0.15, 0.2) is 51.8 Å². The van der Waals surface area contributed by atoms with Gasteiger partial charge in [0, 0.05) is 48.4 Å². The number of anilines is 1. The summed E-state index contributed by atoms with van der Waals surface area (Å²) in [7, 11) is -4.25. The first-order valence-electron chi connectivity index (χ1n) is 11.0. The molecule has 15 heteroatoms. The van der Waals surface area contributed by atoms with E-state index < -0.39 is 39.2 Å². The second kappa shape index (κ2) is 10.5. The van der Waals surface area contributed by atoms with Crippen LogP contribution in [0.2, 0.25) is 0 Å². The minimum atomic E-state index is -5.05. The maximum absolute atomic E-state index is 13.1. The molecule has 0 aliphatic carbocycles. The monoisotopic (exact) mass is 605 g/mol. The van der Waals surface area contributed by atoms with E-state index in [-0.39, 0.29) is 29.9 Å². The fourth-order valence-electron chi connectivity index (χ4n) is 4.13. The molecule has 2 aliphatic heterocycles. The van der Waals surface area contributed by atoms with Crippen LogP contribution in [0.4, 0.5) is 23.7 Å². The molecule has 0 spiro atoms. The fourth-order valence-corrected chi connectivity index (χ4v) is 5.98. The zero-order chi connectivity index (χ0) is 27.0. The Morgan fingerprint density at radius 3 is 2.38 bits per heavy atom. The maximum Gasteiger partial charge on any atom is 0.573 e. The third-order valence-corrected chi connectivity index (χ3v) is 8.34. The number of rotatable bonds is 7. The van der Waals surface area contributed by atoms with Gasteiger partial charge in [-0.05, 0) is 42.5 Å². The normalized spacial score (nSPS) is 19.6. The van der Waals surface area contributed by atoms with Gasteiger partial charge < -0.3 is 15.2 Å². The number of nitrogens with one attached hydrogen (secondary N) is 1. The number of nitrogens with two attached hydrogens (primary N) is 1. The number of nitrogen functional groups attached to an aromatic ring is 1. The summed E-state index contributed by atoms with van der Waals surface area (Å²) < 4.78 is 75.5. The summed E-state index contributed by atoms with van der Waals surface area (Å²) in [5.41, 5.74) is 6.58. The molecule has 1 amide bonds. The molecule has 2 aliphatic rings. The van der Waals surface area contributed by atoms with E-state index in [4.69, 9.17) is 15.9 Å². The lowest BCUT2D eigenvalue weighted by atomic mass is 10.2. The number of nitrogens with zero attached hydrogens (tertiary/aromatic N) is 3. The van der Waals surface area contributed by atoms with Crippen LogP contribution in [-0.4, -0.2) is 81.3 Å². The number of carbonyl (C=O) groups is 1. The number of hydrogen-bond acceptors (Lipinski definition) is 7. The van der Waals surface area contributed by atoms with Crippen LogP contribution in [0.1, 0.15) is 5.56 Å². The average Bonchev–Trinajstić information content (AvgIpc) is 3.18. The van der Waals surface area contributed by atoms with E-state index in [1.165, 1.54) is 11.0 Å². The topological polar surface area (TPSA) is 129 Å². The van der Waals surface area contributed by atoms with Crippen LogP contribution < -0.4 is 15.4 Å². The van der Waals surface area contributed by atoms with Crippen molar-refractivity contribution in [3.05, 3.63) is 52.5 Å². The number of alkyl halides is 3. The van der Waals surface area contributed by atoms with Crippen molar-refractivity contribution in [2.45, 2.75) is 17.4 Å². The number of amides is 1. The van der Waals surface area contributed by atoms with Crippen LogP contribution >= 0.6 is 15.9 Å². The zero-order valence-electron chi connectivity index (χ0n) is 19.2. The first-order valence-corrected chi connectivity index (χ1v) is 13.3. The summed E-state index contributed by atoms with van der Waals surface area (Å²) >= 11 is 3.03. The molecule has 2 heterocycles. The zero-order valence-corrected chi connectivity index (χ0v) is 21.6. The van der Waals surface area contributed by atoms with E-state index in [0.29, 0.717) is 30.9 Å². The van der Waals surface area contributed by atoms with Gasteiger partial charge in [0.05, 0.1) is 6.54 Å². The Morgan fingerprint density at radius 1 is 1.14 bits per heavy atom. The van der Waals surface area contributed by atoms with Crippen LogP contribution in [0, 0.1) is 5.41 Å². The van der Waals surface area contributed by atoms with Gasteiger partial charge in [-0.3, -0.25) is 15.2 Å². The molecular formula is C22H23BrF3N5O5S. The number of halogens is 4. The van der Waals surface area contributed by atoms with Crippen molar-refractivity contribution in [3.63, 3.8) is 0 Å². The van der Waals surface area contributed by atoms with Gasteiger partial charge in [-0.15, -0.1) is 13.2 Å². The SMILES string of the molecule is N=C(N)c1ccc(N2CC(CN3CCN(S(=O)(=O)c4ccc(Br)cc4OC(F)(F)F)CC3)OC2=O)cc1. The van der Waals surface area contributed by atoms with Crippen LogP contribution in [-0.2, 0) is 14.8 Å². The summed E-state index contributed by atoms with van der Waals surface area (Å²) in [4.78, 5) is 15.2. The highest BCUT2D eigenvalue weighted by molar-refractivity contribution is 9.10. The van der Waals surface area contributed by atoms with Crippen molar-refractivity contribution < 1.29 is 35.9 Å². The Kier molecular flexibility index (Phi) is 7.69. The third kappa shape index (κ3) is 6.34. The van der Waals surface area contributed by atoms with E-state index in [2.05, 4.69) is 20.7 Å². The smallest absolute Gasteiger partial charge is 0.443 e. The molecule has 0 bridgehead atoms. The molecule has 4 rings (SSSR count). The summed E-state index contributed by atoms with van der Waals surface area (Å²) in [6, 6.07) is 9.97. The largest absolute Gasteiger partial charge is 0.573 e. The molecule has 2 aromatic rings. The molecule has 2 fully saturated rings. The molecule has 200 valence electrons. The number of piperazine rings is 1. The molecule has 37 heavy (non-hydrogen) atoms. The molecule has 0 radical (unpaired) electrons. The molecule has 2 aromatic carbocycles. The fraction of sp³-hybridized carbons (Fsp3) is 0.364. The highest BCUT2D eigenvalue weighted by Crippen LogP contribution is 2.34. The maximum atomic E-state index is 13.1. The second-order valence-electron chi connectivity index (χ2n) is 8.42. The standard InChI is InChI=1S/C22H23BrF3N5O5S/c23-15-3-6-19(18(11-15)36-22(24,25)26)37(33,34)30-9-7-29(8-10-30)12-17-13-31(21(32)35-17)16-4-1-14(2-5-16)20(27)28/h1-6,11,17H,7-10,12-13H2,(H3,27,28). The van der Waals surface area contributed by atoms with E-state index in [9.17, 15) is 26.4 Å². The van der Waals surface area contributed by atoms with Crippen molar-refractivity contribution in [2.24, 2.45) is 5.73 Å². The Balaban J connectivity index is 1.37. The number of carbonyl (C=O) groups excluding carboxylic acids is 1. The van der Waals surface area contributed by atoms with Gasteiger partial charge in [0.25, 0.3) is 0 Å². The Bertz CT molecular complexity index is 1280. The average molecular weight is 606 g/mol. The number of amidine groups is 1. The molecule has 3 N–H and O–H groups in total. The predicted octanol–water partition coefficient (Wildman–Crippen LogP) is 2.96. The van der Waals surface area contributed by atoms with Gasteiger partial charge in [-0.2, -0.15) is 4.31 Å². The Labute approximate surface area is 219 Å². The quantitative estimate of drug-likeness (QED) is 0.367. The summed E-state index contributed by atoms with van der Waals surface area (Å²) in [6.07, 6.45) is -6.03. The summed E-state index contributed by atoms with van der Waals surface area (Å²) in [6.45, 7) is 1.33. The number of ether oxygens (including phenoxy) is 2. The molecule has 0 aromatic heterocycles. The van der Waals surface area contributed by atoms with Crippen LogP contribution in [0.3, 0.4) is 0 Å². The van der Waals surface area contributed by atoms with E-state index in [0.717, 1.165) is 16.4 Å². The molecular weight excluding hydrogens is 583 g/mol. The van der Waals surface area contributed by atoms with Crippen molar-refractivity contribution >= 4 is 43.6 Å². The first kappa shape index (κ1) is 27.2. The van der Waals surface area contributed by atoms with Gasteiger partial charge >= 0.3 is 12.5 Å². The number of hydrogen-bond donors (Lipinski definition) is 2. The highest BCUT2D eigenvalue weighted by Gasteiger charge is 2.38. The minimum absolute atomic E-state index is 0.0424. The van der Waals surface area contributed by atoms with Gasteiger partial charge in [-0.1, -0.05) is 15.9 Å². The van der Waals surface area contributed by atoms with Crippen molar-refractivity contribution in [2.75, 3.05) is 44.2 Å². The van der Waals surface area contributed by atoms with Gasteiger partial charge in [0.15, 0.2) is 5.75 Å². The van der Waals surface area contributed by atoms with Crippen molar-refractivity contribution in [1.82, 2.24) is 9.21 Å². The lowest BCUT2D eigenvalue weighted by Gasteiger charge is -2.34. The molecule has 2 saturated heterocycles. The Morgan fingerprint density at radius 2 is 1.78 bits per heavy atom. The first-order chi connectivity index (χ1) is 17.3. The van der Waals surface area contributed by atoms with Crippen LogP contribution in [0.25, 0.3) is 0 Å². The lowest BCUT2D eigenvalue weighted by Crippen LogP contribution is -2.50. The predicted molar refractivity (Wildman–Crippen MR) is 131 cm³/mol. The Hall–Kier alpha value is -2.88. The van der Waals surface area contributed by atoms with Gasteiger partial charge in [-0.25, -0.2) is 13.2 Å². The second-order valence-corrected chi connectivity index (χ2v) is 11.2. The van der Waals surface area contributed by atoms with Crippen LogP contribution in [0.5, 0.6) is 5.75 Å². The molecule has 10 nitrogen and oxygen atoms in total. The van der Waals surface area contributed by atoms with E-state index in [1.807, 2.05) is 4.90 Å². The number of sulfonamides is 1. The van der Waals surface area contributed by atoms with E-state index >= 15 is 0 Å².